The van der Waals surface area contributed by atoms with Crippen LogP contribution in [-0.2, 0) is 19.4 Å². The number of piperidine rings is 1. The van der Waals surface area contributed by atoms with Gasteiger partial charge in [0.15, 0.2) is 11.5 Å². The Bertz CT molecular complexity index is 1210. The standard InChI is InChI=1S/C35H45NO5/c1-37-32-30-16-10-25(11-17-31(30)33(38-2)35(40-4)34(32)39-3)20-23-41-29-14-12-27(13-15-29)28-18-21-36(22-19-28)24-26-8-6-5-7-9-26/h5-9,12-15,25,28H,10-11,16-24H2,1-4H3. The van der Waals surface area contributed by atoms with Gasteiger partial charge in [-0.05, 0) is 93.1 Å². The third-order valence-electron chi connectivity index (χ3n) is 8.94. The number of likely N-dealkylation sites (tertiary alicyclic amines) is 1. The van der Waals surface area contributed by atoms with E-state index in [-0.39, 0.29) is 0 Å². The summed E-state index contributed by atoms with van der Waals surface area (Å²) >= 11 is 0. The van der Waals surface area contributed by atoms with Gasteiger partial charge in [0.1, 0.15) is 5.75 Å². The van der Waals surface area contributed by atoms with Crippen molar-refractivity contribution in [2.24, 2.45) is 5.92 Å². The molecule has 0 saturated carbocycles. The van der Waals surface area contributed by atoms with Crippen LogP contribution in [-0.4, -0.2) is 53.0 Å². The summed E-state index contributed by atoms with van der Waals surface area (Å²) in [4.78, 5) is 2.58. The maximum atomic E-state index is 6.22. The second-order valence-corrected chi connectivity index (χ2v) is 11.3. The molecule has 5 rings (SSSR count). The van der Waals surface area contributed by atoms with E-state index in [0.29, 0.717) is 23.3 Å². The van der Waals surface area contributed by atoms with Crippen molar-refractivity contribution >= 4 is 0 Å². The van der Waals surface area contributed by atoms with E-state index >= 15 is 0 Å². The first-order chi connectivity index (χ1) is 20.1. The quantitative estimate of drug-likeness (QED) is 0.234. The van der Waals surface area contributed by atoms with E-state index < -0.39 is 0 Å². The van der Waals surface area contributed by atoms with E-state index in [9.17, 15) is 0 Å². The number of benzene rings is 3. The van der Waals surface area contributed by atoms with Gasteiger partial charge in [-0.1, -0.05) is 42.5 Å². The van der Waals surface area contributed by atoms with Crippen LogP contribution in [0.4, 0.5) is 0 Å². The SMILES string of the molecule is COc1c2c(c(OC)c(OC)c1OC)CCC(CCOc1ccc(C3CCN(Cc4ccccc4)CC3)cc1)CC2. The highest BCUT2D eigenvalue weighted by atomic mass is 16.5. The first kappa shape index (κ1) is 29.1. The van der Waals surface area contributed by atoms with Gasteiger partial charge in [0.05, 0.1) is 35.0 Å². The molecule has 0 aromatic heterocycles. The average molecular weight is 560 g/mol. The largest absolute Gasteiger partial charge is 0.494 e. The summed E-state index contributed by atoms with van der Waals surface area (Å²) in [7, 11) is 6.68. The Morgan fingerprint density at radius 3 is 1.76 bits per heavy atom. The van der Waals surface area contributed by atoms with E-state index in [1.54, 1.807) is 28.4 Å². The lowest BCUT2D eigenvalue weighted by Gasteiger charge is -2.32. The van der Waals surface area contributed by atoms with Crippen molar-refractivity contribution in [2.45, 2.75) is 57.4 Å². The fourth-order valence-corrected chi connectivity index (χ4v) is 6.66. The van der Waals surface area contributed by atoms with E-state index in [4.69, 9.17) is 23.7 Å². The number of ether oxygens (including phenoxy) is 5. The van der Waals surface area contributed by atoms with E-state index in [0.717, 1.165) is 75.6 Å². The Morgan fingerprint density at radius 1 is 0.659 bits per heavy atom. The van der Waals surface area contributed by atoms with Crippen molar-refractivity contribution in [3.8, 4) is 28.7 Å². The molecule has 220 valence electrons. The fourth-order valence-electron chi connectivity index (χ4n) is 6.66. The van der Waals surface area contributed by atoms with Crippen LogP contribution in [0.2, 0.25) is 0 Å². The van der Waals surface area contributed by atoms with Crippen LogP contribution in [0.1, 0.15) is 60.3 Å². The van der Waals surface area contributed by atoms with Gasteiger partial charge < -0.3 is 23.7 Å². The molecule has 6 nitrogen and oxygen atoms in total. The summed E-state index contributed by atoms with van der Waals surface area (Å²) in [6.45, 7) is 4.08. The molecule has 1 aliphatic carbocycles. The fraction of sp³-hybridized carbons (Fsp3) is 0.486. The van der Waals surface area contributed by atoms with Crippen LogP contribution in [0.15, 0.2) is 54.6 Å². The molecule has 0 N–H and O–H groups in total. The minimum absolute atomic E-state index is 0.564. The molecule has 0 atom stereocenters. The third kappa shape index (κ3) is 6.75. The minimum atomic E-state index is 0.564. The molecule has 0 spiro atoms. The van der Waals surface area contributed by atoms with E-state index in [1.165, 1.54) is 35.1 Å². The van der Waals surface area contributed by atoms with E-state index in [1.807, 2.05) is 0 Å². The third-order valence-corrected chi connectivity index (χ3v) is 8.94. The summed E-state index contributed by atoms with van der Waals surface area (Å²) in [5.41, 5.74) is 5.19. The maximum Gasteiger partial charge on any atom is 0.207 e. The van der Waals surface area contributed by atoms with Gasteiger partial charge in [0.2, 0.25) is 11.5 Å². The molecule has 41 heavy (non-hydrogen) atoms. The highest BCUT2D eigenvalue weighted by molar-refractivity contribution is 5.67. The topological polar surface area (TPSA) is 49.4 Å². The summed E-state index contributed by atoms with van der Waals surface area (Å²) < 4.78 is 29.2. The Kier molecular flexibility index (Phi) is 9.94. The molecule has 1 heterocycles. The molecule has 1 saturated heterocycles. The Hall–Kier alpha value is -3.38. The highest BCUT2D eigenvalue weighted by Gasteiger charge is 2.30. The van der Waals surface area contributed by atoms with Gasteiger partial charge in [0, 0.05) is 17.7 Å². The second kappa shape index (κ2) is 14.0. The summed E-state index contributed by atoms with van der Waals surface area (Å²) in [5.74, 6) is 4.90. The maximum absolute atomic E-state index is 6.22. The minimum Gasteiger partial charge on any atom is -0.494 e. The lowest BCUT2D eigenvalue weighted by atomic mass is 9.89. The molecular weight excluding hydrogens is 514 g/mol. The van der Waals surface area contributed by atoms with Crippen molar-refractivity contribution in [3.05, 3.63) is 76.9 Å². The number of nitrogens with zero attached hydrogens (tertiary/aromatic N) is 1. The smallest absolute Gasteiger partial charge is 0.207 e. The second-order valence-electron chi connectivity index (χ2n) is 11.3. The monoisotopic (exact) mass is 559 g/mol. The molecule has 0 bridgehead atoms. The van der Waals surface area contributed by atoms with Gasteiger partial charge in [-0.25, -0.2) is 0 Å². The van der Waals surface area contributed by atoms with Crippen LogP contribution in [0.3, 0.4) is 0 Å². The van der Waals surface area contributed by atoms with Gasteiger partial charge in [-0.2, -0.15) is 0 Å². The molecule has 0 radical (unpaired) electrons. The van der Waals surface area contributed by atoms with Gasteiger partial charge in [0.25, 0.3) is 0 Å². The highest BCUT2D eigenvalue weighted by Crippen LogP contribution is 2.51. The molecule has 1 fully saturated rings. The Morgan fingerprint density at radius 2 is 1.22 bits per heavy atom. The number of hydrogen-bond donors (Lipinski definition) is 0. The van der Waals surface area contributed by atoms with Crippen molar-refractivity contribution in [1.82, 2.24) is 4.90 Å². The van der Waals surface area contributed by atoms with Crippen LogP contribution < -0.4 is 23.7 Å². The number of hydrogen-bond acceptors (Lipinski definition) is 6. The first-order valence-corrected chi connectivity index (χ1v) is 15.0. The molecule has 3 aromatic rings. The number of rotatable bonds is 11. The predicted octanol–water partition coefficient (Wildman–Crippen LogP) is 7.06. The molecule has 1 aliphatic heterocycles. The first-order valence-electron chi connectivity index (χ1n) is 15.0. The van der Waals surface area contributed by atoms with Gasteiger partial charge >= 0.3 is 0 Å². The summed E-state index contributed by atoms with van der Waals surface area (Å²) in [6.07, 6.45) is 7.43. The lowest BCUT2D eigenvalue weighted by molar-refractivity contribution is 0.204. The Balaban J connectivity index is 1.11. The normalized spacial score (nSPS) is 16.5. The summed E-state index contributed by atoms with van der Waals surface area (Å²) in [6, 6.07) is 19.7. The van der Waals surface area contributed by atoms with Crippen LogP contribution in [0.25, 0.3) is 0 Å². The van der Waals surface area contributed by atoms with E-state index in [2.05, 4.69) is 59.5 Å². The number of methoxy groups -OCH3 is 4. The molecule has 0 unspecified atom stereocenters. The summed E-state index contributed by atoms with van der Waals surface area (Å²) in [5, 5.41) is 0. The molecule has 3 aromatic carbocycles. The molecule has 0 amide bonds. The van der Waals surface area contributed by atoms with Crippen molar-refractivity contribution < 1.29 is 23.7 Å². The van der Waals surface area contributed by atoms with Gasteiger partial charge in [-0.3, -0.25) is 4.90 Å². The molecular formula is C35H45NO5. The predicted molar refractivity (Wildman–Crippen MR) is 163 cm³/mol. The van der Waals surface area contributed by atoms with Crippen LogP contribution >= 0.6 is 0 Å². The van der Waals surface area contributed by atoms with Gasteiger partial charge in [-0.15, -0.1) is 0 Å². The average Bonchev–Trinajstić information content (AvgIpc) is 3.23. The van der Waals surface area contributed by atoms with Crippen molar-refractivity contribution in [3.63, 3.8) is 0 Å². The lowest BCUT2D eigenvalue weighted by Crippen LogP contribution is -2.32. The zero-order valence-electron chi connectivity index (χ0n) is 25.1. The van der Waals surface area contributed by atoms with Crippen molar-refractivity contribution in [1.29, 1.82) is 0 Å². The molecule has 6 heteroatoms. The molecule has 2 aliphatic rings. The van der Waals surface area contributed by atoms with Crippen molar-refractivity contribution in [2.75, 3.05) is 48.1 Å². The Labute approximate surface area is 245 Å². The number of fused-ring (bicyclic) bond motifs is 1. The zero-order chi connectivity index (χ0) is 28.6. The van der Waals surface area contributed by atoms with Crippen LogP contribution in [0, 0.1) is 5.92 Å². The van der Waals surface area contributed by atoms with Crippen LogP contribution in [0.5, 0.6) is 28.7 Å². The zero-order valence-corrected chi connectivity index (χ0v) is 25.1.